The van der Waals surface area contributed by atoms with Gasteiger partial charge < -0.3 is 4.18 Å². The number of thioether (sulfide) groups is 1. The molecule has 0 fully saturated rings. The van der Waals surface area contributed by atoms with Crippen LogP contribution in [0.3, 0.4) is 0 Å². The largest absolute Gasteiger partial charge is 0.315 e. The second-order valence-electron chi connectivity index (χ2n) is 3.28. The summed E-state index contributed by atoms with van der Waals surface area (Å²) in [6.07, 6.45) is 3.07. The summed E-state index contributed by atoms with van der Waals surface area (Å²) in [6, 6.07) is 6.70. The lowest BCUT2D eigenvalue weighted by Gasteiger charge is -2.06. The number of hydrogen-bond donors (Lipinski definition) is 0. The number of benzene rings is 1. The molecule has 0 bridgehead atoms. The normalized spacial score (nSPS) is 10.6. The molecule has 0 aliphatic heterocycles. The molecule has 0 radical (unpaired) electrons. The van der Waals surface area contributed by atoms with E-state index in [-0.39, 0.29) is 0 Å². The van der Waals surface area contributed by atoms with Gasteiger partial charge in [0.05, 0.1) is 6.61 Å². The maximum absolute atomic E-state index is 5.23. The molecule has 0 aromatic heterocycles. The maximum Gasteiger partial charge on any atom is 0.0707 e. The van der Waals surface area contributed by atoms with E-state index in [4.69, 9.17) is 4.18 Å². The van der Waals surface area contributed by atoms with Crippen molar-refractivity contribution in [3.05, 3.63) is 29.3 Å². The van der Waals surface area contributed by atoms with Crippen LogP contribution in [0.2, 0.25) is 0 Å². The number of hydrogen-bond acceptors (Lipinski definition) is 3. The van der Waals surface area contributed by atoms with E-state index in [2.05, 4.69) is 32.0 Å². The fraction of sp³-hybridized carbons (Fsp3) is 0.500. The zero-order valence-corrected chi connectivity index (χ0v) is 11.2. The third kappa shape index (κ3) is 4.49. The molecule has 15 heavy (non-hydrogen) atoms. The van der Waals surface area contributed by atoms with E-state index in [1.807, 2.05) is 18.0 Å². The van der Waals surface area contributed by atoms with Gasteiger partial charge in [0.15, 0.2) is 0 Å². The van der Waals surface area contributed by atoms with Crippen LogP contribution in [0, 0.1) is 6.92 Å². The van der Waals surface area contributed by atoms with Gasteiger partial charge in [-0.15, -0.1) is 11.8 Å². The minimum absolute atomic E-state index is 0.806. The highest BCUT2D eigenvalue weighted by molar-refractivity contribution is 7.99. The van der Waals surface area contributed by atoms with Crippen molar-refractivity contribution in [1.82, 2.24) is 0 Å². The van der Waals surface area contributed by atoms with Gasteiger partial charge in [-0.1, -0.05) is 13.0 Å². The third-order valence-corrected chi connectivity index (χ3v) is 3.61. The standard InChI is InChI=1S/C12H18OS2/c1-4-11-5-6-12(9-10(11)2)15-8-7-13-14-3/h5-6,9H,4,7-8H2,1-3H3. The molecular formula is C12H18OS2. The molecule has 84 valence electrons. The average Bonchev–Trinajstić information content (AvgIpc) is 2.25. The Hall–Kier alpha value is -0.120. The van der Waals surface area contributed by atoms with Crippen LogP contribution >= 0.6 is 23.8 Å². The first-order valence-corrected chi connectivity index (χ1v) is 7.29. The van der Waals surface area contributed by atoms with Crippen LogP contribution in [0.1, 0.15) is 18.1 Å². The molecule has 3 heteroatoms. The van der Waals surface area contributed by atoms with Crippen molar-refractivity contribution >= 4 is 23.8 Å². The lowest BCUT2D eigenvalue weighted by atomic mass is 10.1. The van der Waals surface area contributed by atoms with Crippen molar-refractivity contribution < 1.29 is 4.18 Å². The van der Waals surface area contributed by atoms with Crippen LogP contribution in [0.5, 0.6) is 0 Å². The van der Waals surface area contributed by atoms with E-state index in [1.165, 1.54) is 28.1 Å². The third-order valence-electron chi connectivity index (χ3n) is 2.25. The summed E-state index contributed by atoms with van der Waals surface area (Å²) in [6.45, 7) is 5.18. The average molecular weight is 242 g/mol. The summed E-state index contributed by atoms with van der Waals surface area (Å²) in [7, 11) is 0. The first-order chi connectivity index (χ1) is 7.27. The molecule has 0 saturated carbocycles. The Kier molecular flexibility index (Phi) is 6.22. The van der Waals surface area contributed by atoms with E-state index in [0.717, 1.165) is 18.8 Å². The molecular weight excluding hydrogens is 224 g/mol. The van der Waals surface area contributed by atoms with E-state index < -0.39 is 0 Å². The monoisotopic (exact) mass is 242 g/mol. The molecule has 0 saturated heterocycles. The van der Waals surface area contributed by atoms with Crippen LogP contribution in [0.4, 0.5) is 0 Å². The molecule has 1 aromatic carbocycles. The Morgan fingerprint density at radius 1 is 1.33 bits per heavy atom. The molecule has 0 N–H and O–H groups in total. The zero-order chi connectivity index (χ0) is 11.1. The van der Waals surface area contributed by atoms with Gasteiger partial charge in [0.25, 0.3) is 0 Å². The van der Waals surface area contributed by atoms with Gasteiger partial charge in [0, 0.05) is 16.9 Å². The molecule has 1 aromatic rings. The molecule has 0 aliphatic carbocycles. The van der Waals surface area contributed by atoms with Crippen LogP contribution in [0.15, 0.2) is 23.1 Å². The summed E-state index contributed by atoms with van der Waals surface area (Å²) in [5, 5.41) is 0. The van der Waals surface area contributed by atoms with Crippen molar-refractivity contribution in [3.8, 4) is 0 Å². The second-order valence-corrected chi connectivity index (χ2v) is 5.02. The lowest BCUT2D eigenvalue weighted by molar-refractivity contribution is 0.408. The van der Waals surface area contributed by atoms with Gasteiger partial charge in [-0.2, -0.15) is 0 Å². The highest BCUT2D eigenvalue weighted by Gasteiger charge is 1.99. The predicted molar refractivity (Wildman–Crippen MR) is 70.7 cm³/mol. The molecule has 1 nitrogen and oxygen atoms in total. The highest BCUT2D eigenvalue weighted by Crippen LogP contribution is 2.21. The van der Waals surface area contributed by atoms with E-state index in [1.54, 1.807) is 0 Å². The molecule has 1 rings (SSSR count). The minimum atomic E-state index is 0.806. The fourth-order valence-electron chi connectivity index (χ4n) is 1.43. The van der Waals surface area contributed by atoms with E-state index in [0.29, 0.717) is 0 Å². The predicted octanol–water partition coefficient (Wildman–Crippen LogP) is 3.94. The Morgan fingerprint density at radius 2 is 2.13 bits per heavy atom. The molecule has 0 spiro atoms. The fourth-order valence-corrected chi connectivity index (χ4v) is 2.61. The summed E-state index contributed by atoms with van der Waals surface area (Å²) in [4.78, 5) is 1.34. The number of rotatable bonds is 6. The summed E-state index contributed by atoms with van der Waals surface area (Å²) < 4.78 is 5.23. The van der Waals surface area contributed by atoms with Crippen LogP contribution in [-0.4, -0.2) is 18.6 Å². The number of aryl methyl sites for hydroxylation is 2. The Balaban J connectivity index is 2.45. The molecule has 0 amide bonds. The van der Waals surface area contributed by atoms with Gasteiger partial charge in [0.1, 0.15) is 0 Å². The highest BCUT2D eigenvalue weighted by atomic mass is 32.2. The van der Waals surface area contributed by atoms with Crippen LogP contribution < -0.4 is 0 Å². The van der Waals surface area contributed by atoms with Crippen molar-refractivity contribution in [2.75, 3.05) is 18.6 Å². The van der Waals surface area contributed by atoms with E-state index >= 15 is 0 Å². The first-order valence-electron chi connectivity index (χ1n) is 5.16. The summed E-state index contributed by atoms with van der Waals surface area (Å²) in [5.74, 6) is 1.02. The minimum Gasteiger partial charge on any atom is -0.315 e. The molecule has 0 unspecified atom stereocenters. The van der Waals surface area contributed by atoms with Crippen molar-refractivity contribution in [1.29, 1.82) is 0 Å². The van der Waals surface area contributed by atoms with Gasteiger partial charge in [0.2, 0.25) is 0 Å². The summed E-state index contributed by atoms with van der Waals surface area (Å²) >= 11 is 3.29. The van der Waals surface area contributed by atoms with Gasteiger partial charge >= 0.3 is 0 Å². The van der Waals surface area contributed by atoms with Gasteiger partial charge in [-0.25, -0.2) is 0 Å². The molecule has 0 atom stereocenters. The smallest absolute Gasteiger partial charge is 0.0707 e. The Bertz CT molecular complexity index is 300. The van der Waals surface area contributed by atoms with Crippen molar-refractivity contribution in [3.63, 3.8) is 0 Å². The zero-order valence-electron chi connectivity index (χ0n) is 9.58. The molecule has 0 aliphatic rings. The van der Waals surface area contributed by atoms with E-state index in [9.17, 15) is 0 Å². The van der Waals surface area contributed by atoms with Crippen LogP contribution in [-0.2, 0) is 10.6 Å². The SMILES string of the molecule is CCc1ccc(SCCOSC)cc1C. The second kappa shape index (κ2) is 7.20. The summed E-state index contributed by atoms with van der Waals surface area (Å²) in [5.41, 5.74) is 2.84. The topological polar surface area (TPSA) is 9.23 Å². The van der Waals surface area contributed by atoms with Crippen molar-refractivity contribution in [2.24, 2.45) is 0 Å². The van der Waals surface area contributed by atoms with Gasteiger partial charge in [-0.05, 0) is 48.6 Å². The van der Waals surface area contributed by atoms with Gasteiger partial charge in [-0.3, -0.25) is 0 Å². The van der Waals surface area contributed by atoms with Crippen molar-refractivity contribution in [2.45, 2.75) is 25.2 Å². The lowest BCUT2D eigenvalue weighted by Crippen LogP contribution is -1.91. The Labute approximate surface area is 101 Å². The molecule has 0 heterocycles. The first kappa shape index (κ1) is 12.9. The quantitative estimate of drug-likeness (QED) is 0.425. The Morgan fingerprint density at radius 3 is 2.73 bits per heavy atom. The maximum atomic E-state index is 5.23. The van der Waals surface area contributed by atoms with Crippen LogP contribution in [0.25, 0.3) is 0 Å².